The first-order chi connectivity index (χ1) is 10.1. The van der Waals surface area contributed by atoms with E-state index < -0.39 is 27.9 Å². The second-order valence-electron chi connectivity index (χ2n) is 4.84. The summed E-state index contributed by atoms with van der Waals surface area (Å²) in [6.45, 7) is 4.86. The normalized spacial score (nSPS) is 12.6. The minimum Gasteiger partial charge on any atom is -0.467 e. The molecule has 0 heterocycles. The number of rotatable bonds is 5. The second kappa shape index (κ2) is 6.89. The van der Waals surface area contributed by atoms with Crippen LogP contribution in [0, 0.1) is 13.8 Å². The van der Waals surface area contributed by atoms with E-state index in [1.54, 1.807) is 19.9 Å². The Labute approximate surface area is 130 Å². The van der Waals surface area contributed by atoms with Gasteiger partial charge in [-0.25, -0.2) is 17.9 Å². The van der Waals surface area contributed by atoms with Crippen LogP contribution in [-0.4, -0.2) is 40.5 Å². The highest BCUT2D eigenvalue weighted by atomic mass is 32.2. The summed E-state index contributed by atoms with van der Waals surface area (Å²) in [5.74, 6) is -1.13. The number of ether oxygens (including phenoxy) is 1. The Morgan fingerprint density at radius 1 is 1.23 bits per heavy atom. The second-order valence-corrected chi connectivity index (χ2v) is 6.70. The largest absolute Gasteiger partial charge is 0.467 e. The van der Waals surface area contributed by atoms with Crippen molar-refractivity contribution in [1.82, 2.24) is 10.0 Å². The number of amides is 1. The number of esters is 1. The zero-order valence-electron chi connectivity index (χ0n) is 13.2. The zero-order valence-corrected chi connectivity index (χ0v) is 14.0. The highest BCUT2D eigenvalue weighted by molar-refractivity contribution is 7.89. The van der Waals surface area contributed by atoms with Gasteiger partial charge in [-0.2, -0.15) is 0 Å². The molecule has 0 bridgehead atoms. The van der Waals surface area contributed by atoms with Gasteiger partial charge in [-0.15, -0.1) is 0 Å². The van der Waals surface area contributed by atoms with Crippen molar-refractivity contribution in [3.05, 3.63) is 28.8 Å². The number of nitrogens with one attached hydrogen (secondary N) is 2. The maximum absolute atomic E-state index is 12.2. The Balaban J connectivity index is 3.22. The van der Waals surface area contributed by atoms with Gasteiger partial charge in [-0.05, 0) is 51.1 Å². The van der Waals surface area contributed by atoms with Gasteiger partial charge >= 0.3 is 5.97 Å². The van der Waals surface area contributed by atoms with Crippen molar-refractivity contribution in [2.75, 3.05) is 14.2 Å². The van der Waals surface area contributed by atoms with Gasteiger partial charge in [0.25, 0.3) is 5.91 Å². The number of carbonyl (C=O) groups is 2. The van der Waals surface area contributed by atoms with Crippen molar-refractivity contribution in [3.63, 3.8) is 0 Å². The summed E-state index contributed by atoms with van der Waals surface area (Å²) in [5, 5.41) is 2.46. The molecular formula is C14H20N2O5S. The molecule has 0 spiro atoms. The molecule has 1 aromatic carbocycles. The average Bonchev–Trinajstić information content (AvgIpc) is 2.48. The van der Waals surface area contributed by atoms with Gasteiger partial charge in [-0.3, -0.25) is 4.79 Å². The van der Waals surface area contributed by atoms with Gasteiger partial charge < -0.3 is 10.1 Å². The van der Waals surface area contributed by atoms with Crippen LogP contribution in [0.25, 0.3) is 0 Å². The molecule has 1 amide bonds. The number of carbonyl (C=O) groups excluding carboxylic acids is 2. The molecular weight excluding hydrogens is 308 g/mol. The molecule has 1 aromatic rings. The quantitative estimate of drug-likeness (QED) is 0.767. The third-order valence-electron chi connectivity index (χ3n) is 3.34. The molecule has 1 rings (SSSR count). The molecule has 0 unspecified atom stereocenters. The van der Waals surface area contributed by atoms with Crippen LogP contribution >= 0.6 is 0 Å². The predicted molar refractivity (Wildman–Crippen MR) is 81.1 cm³/mol. The highest BCUT2D eigenvalue weighted by Gasteiger charge is 2.21. The van der Waals surface area contributed by atoms with Crippen LogP contribution in [0.3, 0.4) is 0 Å². The van der Waals surface area contributed by atoms with Crippen molar-refractivity contribution in [2.45, 2.75) is 31.7 Å². The fourth-order valence-corrected chi connectivity index (χ4v) is 2.93. The Kier molecular flexibility index (Phi) is 5.67. The lowest BCUT2D eigenvalue weighted by Gasteiger charge is -2.14. The Bertz CT molecular complexity index is 697. The first-order valence-electron chi connectivity index (χ1n) is 6.57. The summed E-state index contributed by atoms with van der Waals surface area (Å²) < 4.78 is 30.8. The SMILES string of the molecule is CNS(=O)(=O)c1cc(C(=O)N[C@H](C)C(=O)OC)cc(C)c1C. The van der Waals surface area contributed by atoms with E-state index in [9.17, 15) is 18.0 Å². The van der Waals surface area contributed by atoms with E-state index in [-0.39, 0.29) is 10.5 Å². The summed E-state index contributed by atoms with van der Waals surface area (Å²) in [4.78, 5) is 23.5. The Morgan fingerprint density at radius 3 is 2.32 bits per heavy atom. The lowest BCUT2D eigenvalue weighted by atomic mass is 10.1. The average molecular weight is 328 g/mol. The molecule has 122 valence electrons. The molecule has 8 heteroatoms. The lowest BCUT2D eigenvalue weighted by molar-refractivity contribution is -0.142. The smallest absolute Gasteiger partial charge is 0.328 e. The topological polar surface area (TPSA) is 102 Å². The molecule has 0 aliphatic carbocycles. The van der Waals surface area contributed by atoms with E-state index in [0.29, 0.717) is 11.1 Å². The fraction of sp³-hybridized carbons (Fsp3) is 0.429. The maximum atomic E-state index is 12.2. The molecule has 0 fully saturated rings. The summed E-state index contributed by atoms with van der Waals surface area (Å²) >= 11 is 0. The van der Waals surface area contributed by atoms with Crippen LogP contribution in [-0.2, 0) is 19.6 Å². The molecule has 22 heavy (non-hydrogen) atoms. The standard InChI is InChI=1S/C14H20N2O5S/c1-8-6-11(13(17)16-10(3)14(18)21-5)7-12(9(8)2)22(19,20)15-4/h6-7,10,15H,1-5H3,(H,16,17)/t10-/m1/s1. The Morgan fingerprint density at radius 2 is 1.82 bits per heavy atom. The van der Waals surface area contributed by atoms with Gasteiger partial charge in [0.1, 0.15) is 6.04 Å². The number of hydrogen-bond acceptors (Lipinski definition) is 5. The third-order valence-corrected chi connectivity index (χ3v) is 4.88. The summed E-state index contributed by atoms with van der Waals surface area (Å²) in [6, 6.07) is 2.03. The van der Waals surface area contributed by atoms with Crippen molar-refractivity contribution in [3.8, 4) is 0 Å². The van der Waals surface area contributed by atoms with Crippen molar-refractivity contribution in [2.24, 2.45) is 0 Å². The van der Waals surface area contributed by atoms with Crippen LogP contribution in [0.1, 0.15) is 28.4 Å². The molecule has 2 N–H and O–H groups in total. The van der Waals surface area contributed by atoms with Gasteiger partial charge in [-0.1, -0.05) is 0 Å². The molecule has 0 saturated heterocycles. The van der Waals surface area contributed by atoms with E-state index in [0.717, 1.165) is 0 Å². The van der Waals surface area contributed by atoms with Crippen LogP contribution in [0.2, 0.25) is 0 Å². The maximum Gasteiger partial charge on any atom is 0.328 e. The number of hydrogen-bond donors (Lipinski definition) is 2. The fourth-order valence-electron chi connectivity index (χ4n) is 1.86. The summed E-state index contributed by atoms with van der Waals surface area (Å²) in [5.41, 5.74) is 1.38. The van der Waals surface area contributed by atoms with Gasteiger partial charge in [0, 0.05) is 5.56 Å². The number of sulfonamides is 1. The van der Waals surface area contributed by atoms with E-state index in [2.05, 4.69) is 14.8 Å². The number of methoxy groups -OCH3 is 1. The molecule has 0 aliphatic rings. The molecule has 0 saturated carbocycles. The predicted octanol–water partition coefficient (Wildman–Crippen LogP) is 0.503. The van der Waals surface area contributed by atoms with Crippen molar-refractivity contribution in [1.29, 1.82) is 0 Å². The first-order valence-corrected chi connectivity index (χ1v) is 8.05. The van der Waals surface area contributed by atoms with Crippen molar-refractivity contribution < 1.29 is 22.7 Å². The summed E-state index contributed by atoms with van der Waals surface area (Å²) in [6.07, 6.45) is 0. The van der Waals surface area contributed by atoms with Crippen molar-refractivity contribution >= 4 is 21.9 Å². The highest BCUT2D eigenvalue weighted by Crippen LogP contribution is 2.21. The number of aryl methyl sites for hydroxylation is 1. The van der Waals surface area contributed by atoms with E-state index >= 15 is 0 Å². The van der Waals surface area contributed by atoms with Crippen LogP contribution in [0.5, 0.6) is 0 Å². The third kappa shape index (κ3) is 3.83. The minimum atomic E-state index is -3.68. The summed E-state index contributed by atoms with van der Waals surface area (Å²) in [7, 11) is -1.16. The first kappa shape index (κ1) is 18.1. The molecule has 7 nitrogen and oxygen atoms in total. The number of benzene rings is 1. The molecule has 0 radical (unpaired) electrons. The monoisotopic (exact) mass is 328 g/mol. The van der Waals surface area contributed by atoms with Gasteiger partial charge in [0.2, 0.25) is 10.0 Å². The van der Waals surface area contributed by atoms with Gasteiger partial charge in [0.05, 0.1) is 12.0 Å². The van der Waals surface area contributed by atoms with Gasteiger partial charge in [0.15, 0.2) is 0 Å². The van der Waals surface area contributed by atoms with Crippen LogP contribution in [0.4, 0.5) is 0 Å². The minimum absolute atomic E-state index is 0.0332. The van der Waals surface area contributed by atoms with E-state index in [1.807, 2.05) is 0 Å². The lowest BCUT2D eigenvalue weighted by Crippen LogP contribution is -2.39. The molecule has 0 aromatic heterocycles. The van der Waals surface area contributed by atoms with Crippen LogP contribution < -0.4 is 10.0 Å². The zero-order chi connectivity index (χ0) is 17.1. The van der Waals surface area contributed by atoms with E-state index in [4.69, 9.17) is 0 Å². The molecule has 0 aliphatic heterocycles. The van der Waals surface area contributed by atoms with E-state index in [1.165, 1.54) is 27.1 Å². The van der Waals surface area contributed by atoms with Crippen LogP contribution in [0.15, 0.2) is 17.0 Å². The molecule has 1 atom stereocenters. The Hall–Kier alpha value is -1.93.